The lowest BCUT2D eigenvalue weighted by Gasteiger charge is -2.13. The van der Waals surface area contributed by atoms with Crippen molar-refractivity contribution < 1.29 is 18.7 Å². The predicted octanol–water partition coefficient (Wildman–Crippen LogP) is 4.15. The molecule has 1 amide bonds. The van der Waals surface area contributed by atoms with Crippen molar-refractivity contribution in [2.24, 2.45) is 0 Å². The minimum atomic E-state index is -0.827. The Morgan fingerprint density at radius 2 is 1.90 bits per heavy atom. The van der Waals surface area contributed by atoms with E-state index in [2.05, 4.69) is 17.2 Å². The monoisotopic (exact) mass is 420 g/mol. The molecule has 3 N–H and O–H groups in total. The third-order valence-electron chi connectivity index (χ3n) is 4.09. The first-order chi connectivity index (χ1) is 13.8. The highest BCUT2D eigenvalue weighted by molar-refractivity contribution is 6.30. The van der Waals surface area contributed by atoms with Gasteiger partial charge in [0.05, 0.1) is 5.57 Å². The Morgan fingerprint density at radius 1 is 1.21 bits per heavy atom. The Morgan fingerprint density at radius 3 is 2.52 bits per heavy atom. The molecule has 2 aromatic rings. The average molecular weight is 421 g/mol. The van der Waals surface area contributed by atoms with E-state index in [-0.39, 0.29) is 11.1 Å². The second-order valence-corrected chi connectivity index (χ2v) is 6.98. The molecular formula is C22H23ClF2N2O2. The van der Waals surface area contributed by atoms with Gasteiger partial charge in [-0.25, -0.2) is 8.78 Å². The Balaban J connectivity index is 2.13. The lowest BCUT2D eigenvalue weighted by Crippen LogP contribution is -2.33. The van der Waals surface area contributed by atoms with Crippen LogP contribution in [0.2, 0.25) is 5.02 Å². The molecule has 7 heteroatoms. The van der Waals surface area contributed by atoms with Crippen molar-refractivity contribution >= 4 is 29.2 Å². The minimum Gasteiger partial charge on any atom is -0.375 e. The van der Waals surface area contributed by atoms with Crippen LogP contribution in [0.1, 0.15) is 24.5 Å². The maximum Gasteiger partial charge on any atom is 0.252 e. The van der Waals surface area contributed by atoms with Gasteiger partial charge in [-0.1, -0.05) is 30.3 Å². The summed E-state index contributed by atoms with van der Waals surface area (Å²) in [5.74, 6) is -2.04. The first kappa shape index (κ1) is 22.7. The van der Waals surface area contributed by atoms with E-state index in [4.69, 9.17) is 11.6 Å². The van der Waals surface area contributed by atoms with Crippen LogP contribution in [0.15, 0.2) is 54.6 Å². The maximum atomic E-state index is 14.3. The van der Waals surface area contributed by atoms with Crippen LogP contribution in [0.3, 0.4) is 0 Å². The third kappa shape index (κ3) is 7.09. The van der Waals surface area contributed by atoms with Crippen molar-refractivity contribution in [1.29, 1.82) is 0 Å². The number of carbonyl (C=O) groups excluding carboxylic acids is 1. The van der Waals surface area contributed by atoms with Crippen molar-refractivity contribution in [3.8, 4) is 0 Å². The summed E-state index contributed by atoms with van der Waals surface area (Å²) < 4.78 is 27.6. The number of aliphatic hydroxyl groups is 1. The van der Waals surface area contributed by atoms with Gasteiger partial charge in [0.15, 0.2) is 0 Å². The number of aliphatic hydroxyl groups excluding tert-OH is 1. The van der Waals surface area contributed by atoms with E-state index in [1.54, 1.807) is 31.2 Å². The number of amides is 1. The van der Waals surface area contributed by atoms with Crippen molar-refractivity contribution in [2.75, 3.05) is 13.1 Å². The van der Waals surface area contributed by atoms with Crippen molar-refractivity contribution in [3.05, 3.63) is 82.4 Å². The van der Waals surface area contributed by atoms with Crippen LogP contribution in [0, 0.1) is 11.6 Å². The highest BCUT2D eigenvalue weighted by Gasteiger charge is 2.16. The number of benzene rings is 2. The molecule has 1 atom stereocenters. The van der Waals surface area contributed by atoms with Crippen LogP contribution in [-0.4, -0.2) is 30.3 Å². The number of carbonyl (C=O) groups is 1. The van der Waals surface area contributed by atoms with Gasteiger partial charge in [-0.3, -0.25) is 10.1 Å². The molecule has 0 saturated heterocycles. The average Bonchev–Trinajstić information content (AvgIpc) is 2.67. The van der Waals surface area contributed by atoms with Crippen molar-refractivity contribution in [2.45, 2.75) is 19.6 Å². The van der Waals surface area contributed by atoms with Gasteiger partial charge in [0, 0.05) is 23.2 Å². The van der Waals surface area contributed by atoms with E-state index in [0.29, 0.717) is 35.7 Å². The highest BCUT2D eigenvalue weighted by atomic mass is 35.5. The van der Waals surface area contributed by atoms with E-state index in [9.17, 15) is 18.7 Å². The number of hydrogen-bond donors (Lipinski definition) is 3. The fourth-order valence-corrected chi connectivity index (χ4v) is 2.62. The molecule has 2 rings (SSSR count). The Bertz CT molecular complexity index is 898. The SMILES string of the molecule is C=C(C)C(O)NCCCNC(=O)/C(=C/c1ccc(Cl)cc1)c1ccc(F)cc1F. The zero-order valence-corrected chi connectivity index (χ0v) is 16.8. The van der Waals surface area contributed by atoms with E-state index in [1.165, 1.54) is 12.1 Å². The lowest BCUT2D eigenvalue weighted by molar-refractivity contribution is -0.115. The molecular weight excluding hydrogens is 398 g/mol. The quantitative estimate of drug-likeness (QED) is 0.188. The number of halogens is 3. The van der Waals surface area contributed by atoms with Crippen molar-refractivity contribution in [3.63, 3.8) is 0 Å². The van der Waals surface area contributed by atoms with Gasteiger partial charge in [0.2, 0.25) is 0 Å². The van der Waals surface area contributed by atoms with E-state index < -0.39 is 23.8 Å². The van der Waals surface area contributed by atoms with Gasteiger partial charge in [0.25, 0.3) is 5.91 Å². The molecule has 0 bridgehead atoms. The fourth-order valence-electron chi connectivity index (χ4n) is 2.50. The molecule has 4 nitrogen and oxygen atoms in total. The summed E-state index contributed by atoms with van der Waals surface area (Å²) in [7, 11) is 0. The zero-order valence-electron chi connectivity index (χ0n) is 16.0. The summed E-state index contributed by atoms with van der Waals surface area (Å²) in [5, 5.41) is 15.7. The van der Waals surface area contributed by atoms with E-state index in [1.807, 2.05) is 0 Å². The van der Waals surface area contributed by atoms with Crippen LogP contribution in [0.4, 0.5) is 8.78 Å². The van der Waals surface area contributed by atoms with Gasteiger partial charge >= 0.3 is 0 Å². The smallest absolute Gasteiger partial charge is 0.252 e. The molecule has 2 aromatic carbocycles. The summed E-state index contributed by atoms with van der Waals surface area (Å²) >= 11 is 5.88. The number of rotatable bonds is 9. The third-order valence-corrected chi connectivity index (χ3v) is 4.34. The molecule has 0 spiro atoms. The molecule has 0 fully saturated rings. The molecule has 0 radical (unpaired) electrons. The molecule has 29 heavy (non-hydrogen) atoms. The summed E-state index contributed by atoms with van der Waals surface area (Å²) in [5.41, 5.74) is 1.30. The summed E-state index contributed by atoms with van der Waals surface area (Å²) in [6, 6.07) is 9.77. The Hall–Kier alpha value is -2.54. The lowest BCUT2D eigenvalue weighted by atomic mass is 10.0. The number of nitrogens with one attached hydrogen (secondary N) is 2. The molecule has 0 heterocycles. The van der Waals surface area contributed by atoms with Crippen LogP contribution >= 0.6 is 11.6 Å². The van der Waals surface area contributed by atoms with Gasteiger partial charge in [0.1, 0.15) is 17.9 Å². The normalized spacial score (nSPS) is 12.5. The second-order valence-electron chi connectivity index (χ2n) is 6.55. The van der Waals surface area contributed by atoms with Crippen LogP contribution in [-0.2, 0) is 4.79 Å². The molecule has 0 aromatic heterocycles. The summed E-state index contributed by atoms with van der Waals surface area (Å²) in [6.07, 6.45) is 1.25. The van der Waals surface area contributed by atoms with E-state index >= 15 is 0 Å². The largest absolute Gasteiger partial charge is 0.375 e. The van der Waals surface area contributed by atoms with E-state index in [0.717, 1.165) is 12.1 Å². The zero-order chi connectivity index (χ0) is 21.4. The van der Waals surface area contributed by atoms with Gasteiger partial charge < -0.3 is 10.4 Å². The second kappa shape index (κ2) is 10.9. The summed E-state index contributed by atoms with van der Waals surface area (Å²) in [6.45, 7) is 6.09. The van der Waals surface area contributed by atoms with Crippen LogP contribution in [0.5, 0.6) is 0 Å². The first-order valence-electron chi connectivity index (χ1n) is 9.05. The standard InChI is InChI=1S/C22H23ClF2N2O2/c1-14(2)21(28)26-10-3-11-27-22(29)19(12-15-4-6-16(23)7-5-15)18-9-8-17(24)13-20(18)25/h4-9,12-13,21,26,28H,1,3,10-11H2,2H3,(H,27,29)/b19-12+. The highest BCUT2D eigenvalue weighted by Crippen LogP contribution is 2.23. The predicted molar refractivity (Wildman–Crippen MR) is 112 cm³/mol. The van der Waals surface area contributed by atoms with Crippen molar-refractivity contribution in [1.82, 2.24) is 10.6 Å². The Labute approximate surface area is 173 Å². The van der Waals surface area contributed by atoms with Gasteiger partial charge in [-0.2, -0.15) is 0 Å². The summed E-state index contributed by atoms with van der Waals surface area (Å²) in [4.78, 5) is 12.7. The van der Waals surface area contributed by atoms with Gasteiger partial charge in [-0.05, 0) is 61.4 Å². The maximum absolute atomic E-state index is 14.3. The number of hydrogen-bond acceptors (Lipinski definition) is 3. The van der Waals surface area contributed by atoms with Crippen LogP contribution < -0.4 is 10.6 Å². The first-order valence-corrected chi connectivity index (χ1v) is 9.43. The van der Waals surface area contributed by atoms with Gasteiger partial charge in [-0.15, -0.1) is 0 Å². The van der Waals surface area contributed by atoms with Crippen LogP contribution in [0.25, 0.3) is 11.6 Å². The molecule has 0 saturated carbocycles. The molecule has 0 aliphatic carbocycles. The topological polar surface area (TPSA) is 61.4 Å². The molecule has 1 unspecified atom stereocenters. The molecule has 154 valence electrons. The fraction of sp³-hybridized carbons (Fsp3) is 0.227. The minimum absolute atomic E-state index is 0.00493. The molecule has 0 aliphatic heterocycles. The molecule has 0 aliphatic rings. The Kier molecular flexibility index (Phi) is 8.51.